The van der Waals surface area contributed by atoms with E-state index in [9.17, 15) is 13.2 Å². The summed E-state index contributed by atoms with van der Waals surface area (Å²) in [4.78, 5) is 0. The highest BCUT2D eigenvalue weighted by molar-refractivity contribution is 6.35. The van der Waals surface area contributed by atoms with Crippen LogP contribution in [-0.4, -0.2) is 25.8 Å². The van der Waals surface area contributed by atoms with Crippen molar-refractivity contribution < 1.29 is 13.2 Å². The lowest BCUT2D eigenvalue weighted by atomic mass is 10.0. The van der Waals surface area contributed by atoms with Crippen molar-refractivity contribution in [2.24, 2.45) is 5.92 Å². The summed E-state index contributed by atoms with van der Waals surface area (Å²) in [5.41, 5.74) is 0.00542. The highest BCUT2D eigenvalue weighted by Gasteiger charge is 2.42. The van der Waals surface area contributed by atoms with Crippen LogP contribution in [0, 0.1) is 5.92 Å². The minimum atomic E-state index is -4.39. The zero-order chi connectivity index (χ0) is 14.0. The Bertz CT molecular complexity index is 447. The maximum atomic E-state index is 13.1. The summed E-state index contributed by atoms with van der Waals surface area (Å²) in [6, 6.07) is 2.28. The average Bonchev–Trinajstić information content (AvgIpc) is 2.21. The number of hydrogen-bond acceptors (Lipinski definition) is 2. The molecule has 1 aliphatic rings. The van der Waals surface area contributed by atoms with Gasteiger partial charge < -0.3 is 10.6 Å². The van der Waals surface area contributed by atoms with E-state index in [4.69, 9.17) is 23.2 Å². The van der Waals surface area contributed by atoms with Crippen LogP contribution in [0.1, 0.15) is 11.6 Å². The third-order valence-corrected chi connectivity index (χ3v) is 3.64. The Morgan fingerprint density at radius 1 is 1.32 bits per heavy atom. The van der Waals surface area contributed by atoms with Crippen molar-refractivity contribution >= 4 is 23.2 Å². The summed E-state index contributed by atoms with van der Waals surface area (Å²) in [6.45, 7) is 1.79. The highest BCUT2D eigenvalue weighted by Crippen LogP contribution is 2.37. The summed E-state index contributed by atoms with van der Waals surface area (Å²) in [6.07, 6.45) is -4.39. The number of alkyl halides is 3. The van der Waals surface area contributed by atoms with Gasteiger partial charge >= 0.3 is 6.18 Å². The fourth-order valence-electron chi connectivity index (χ4n) is 1.91. The third kappa shape index (κ3) is 3.75. The minimum absolute atomic E-state index is 0.00542. The summed E-state index contributed by atoms with van der Waals surface area (Å²) in [5.74, 6) is 0.232. The van der Waals surface area contributed by atoms with E-state index in [1.165, 1.54) is 18.2 Å². The molecule has 0 radical (unpaired) electrons. The molecule has 19 heavy (non-hydrogen) atoms. The molecule has 0 bridgehead atoms. The Hall–Kier alpha value is -0.490. The van der Waals surface area contributed by atoms with E-state index in [0.717, 1.165) is 13.1 Å². The first-order valence-corrected chi connectivity index (χ1v) is 6.59. The molecule has 1 atom stereocenters. The zero-order valence-electron chi connectivity index (χ0n) is 9.90. The van der Waals surface area contributed by atoms with Crippen LogP contribution in [0.5, 0.6) is 0 Å². The van der Waals surface area contributed by atoms with Crippen LogP contribution >= 0.6 is 23.2 Å². The number of hydrogen-bond donors (Lipinski definition) is 2. The van der Waals surface area contributed by atoms with Gasteiger partial charge in [0.05, 0.1) is 0 Å². The van der Waals surface area contributed by atoms with Gasteiger partial charge in [0, 0.05) is 29.7 Å². The van der Waals surface area contributed by atoms with Gasteiger partial charge in [-0.15, -0.1) is 0 Å². The average molecular weight is 313 g/mol. The number of benzene rings is 1. The Labute approximate surface area is 119 Å². The molecule has 1 unspecified atom stereocenters. The van der Waals surface area contributed by atoms with E-state index in [-0.39, 0.29) is 16.5 Å². The van der Waals surface area contributed by atoms with E-state index in [0.29, 0.717) is 11.6 Å². The first-order valence-electron chi connectivity index (χ1n) is 5.83. The van der Waals surface area contributed by atoms with E-state index in [2.05, 4.69) is 10.6 Å². The first kappa shape index (κ1) is 14.9. The van der Waals surface area contributed by atoms with Crippen molar-refractivity contribution in [2.75, 3.05) is 19.6 Å². The SMILES string of the molecule is FC(F)(F)C(NCC1CNC1)c1ccc(Cl)cc1Cl. The van der Waals surface area contributed by atoms with Crippen LogP contribution in [0.4, 0.5) is 13.2 Å². The normalized spacial score (nSPS) is 18.2. The molecule has 1 aliphatic heterocycles. The molecule has 1 saturated heterocycles. The molecule has 0 amide bonds. The molecule has 0 aliphatic carbocycles. The molecule has 0 saturated carbocycles. The molecule has 1 aromatic carbocycles. The second kappa shape index (κ2) is 5.87. The largest absolute Gasteiger partial charge is 0.407 e. The molecule has 0 spiro atoms. The van der Waals surface area contributed by atoms with Gasteiger partial charge in [0.25, 0.3) is 0 Å². The molecule has 2 N–H and O–H groups in total. The third-order valence-electron chi connectivity index (χ3n) is 3.08. The molecule has 0 aromatic heterocycles. The fraction of sp³-hybridized carbons (Fsp3) is 0.500. The van der Waals surface area contributed by atoms with Gasteiger partial charge in [0.2, 0.25) is 0 Å². The van der Waals surface area contributed by atoms with Crippen molar-refractivity contribution in [2.45, 2.75) is 12.2 Å². The molecule has 1 fully saturated rings. The van der Waals surface area contributed by atoms with Crippen molar-refractivity contribution in [1.29, 1.82) is 0 Å². The maximum Gasteiger partial charge on any atom is 0.407 e. The van der Waals surface area contributed by atoms with Gasteiger partial charge in [0.15, 0.2) is 0 Å². The van der Waals surface area contributed by atoms with Crippen LogP contribution < -0.4 is 10.6 Å². The quantitative estimate of drug-likeness (QED) is 0.890. The topological polar surface area (TPSA) is 24.1 Å². The molecule has 106 valence electrons. The Balaban J connectivity index is 2.16. The van der Waals surface area contributed by atoms with E-state index in [1.807, 2.05) is 0 Å². The number of halogens is 5. The van der Waals surface area contributed by atoms with Crippen LogP contribution in [-0.2, 0) is 0 Å². The predicted molar refractivity (Wildman–Crippen MR) is 69.6 cm³/mol. The smallest absolute Gasteiger partial charge is 0.316 e. The van der Waals surface area contributed by atoms with E-state index >= 15 is 0 Å². The second-order valence-corrected chi connectivity index (χ2v) is 5.42. The first-order chi connectivity index (χ1) is 8.88. The summed E-state index contributed by atoms with van der Waals surface area (Å²) in [5, 5.41) is 5.90. The monoisotopic (exact) mass is 312 g/mol. The van der Waals surface area contributed by atoms with Crippen molar-refractivity contribution in [3.63, 3.8) is 0 Å². The van der Waals surface area contributed by atoms with Crippen LogP contribution in [0.2, 0.25) is 10.0 Å². The van der Waals surface area contributed by atoms with Gasteiger partial charge in [-0.05, 0) is 23.6 Å². The number of rotatable bonds is 4. The molecule has 1 heterocycles. The molecule has 1 aromatic rings. The lowest BCUT2D eigenvalue weighted by molar-refractivity contribution is -0.158. The Kier molecular flexibility index (Phi) is 4.61. The Morgan fingerprint density at radius 3 is 2.47 bits per heavy atom. The summed E-state index contributed by atoms with van der Waals surface area (Å²) in [7, 11) is 0. The number of nitrogens with one attached hydrogen (secondary N) is 2. The summed E-state index contributed by atoms with van der Waals surface area (Å²) < 4.78 is 39.3. The molecule has 2 rings (SSSR count). The van der Waals surface area contributed by atoms with Crippen molar-refractivity contribution in [3.05, 3.63) is 33.8 Å². The molecular formula is C12H13Cl2F3N2. The van der Waals surface area contributed by atoms with Gasteiger partial charge in [0.1, 0.15) is 6.04 Å². The van der Waals surface area contributed by atoms with Crippen molar-refractivity contribution in [3.8, 4) is 0 Å². The lowest BCUT2D eigenvalue weighted by Gasteiger charge is -2.30. The van der Waals surface area contributed by atoms with E-state index < -0.39 is 12.2 Å². The standard InChI is InChI=1S/C12H13Cl2F3N2/c13-8-1-2-9(10(14)3-8)11(12(15,16)17)19-6-7-4-18-5-7/h1-3,7,11,18-19H,4-6H2. The highest BCUT2D eigenvalue weighted by atomic mass is 35.5. The van der Waals surface area contributed by atoms with Gasteiger partial charge in [-0.25, -0.2) is 0 Å². The summed E-state index contributed by atoms with van der Waals surface area (Å²) >= 11 is 11.6. The van der Waals surface area contributed by atoms with Crippen molar-refractivity contribution in [1.82, 2.24) is 10.6 Å². The van der Waals surface area contributed by atoms with Gasteiger partial charge in [-0.3, -0.25) is 0 Å². The van der Waals surface area contributed by atoms with Crippen LogP contribution in [0.15, 0.2) is 18.2 Å². The molecular weight excluding hydrogens is 300 g/mol. The van der Waals surface area contributed by atoms with Crippen LogP contribution in [0.25, 0.3) is 0 Å². The zero-order valence-corrected chi connectivity index (χ0v) is 11.4. The van der Waals surface area contributed by atoms with Gasteiger partial charge in [-0.1, -0.05) is 29.3 Å². The fourth-order valence-corrected chi connectivity index (χ4v) is 2.43. The Morgan fingerprint density at radius 2 is 2.00 bits per heavy atom. The lowest BCUT2D eigenvalue weighted by Crippen LogP contribution is -2.49. The van der Waals surface area contributed by atoms with Crippen LogP contribution in [0.3, 0.4) is 0 Å². The predicted octanol–water partition coefficient (Wildman–Crippen LogP) is 3.41. The van der Waals surface area contributed by atoms with Gasteiger partial charge in [-0.2, -0.15) is 13.2 Å². The minimum Gasteiger partial charge on any atom is -0.316 e. The molecule has 7 heteroatoms. The molecule has 2 nitrogen and oxygen atoms in total. The maximum absolute atomic E-state index is 13.1. The second-order valence-electron chi connectivity index (χ2n) is 4.57. The van der Waals surface area contributed by atoms with E-state index in [1.54, 1.807) is 0 Å².